The second kappa shape index (κ2) is 7.81. The van der Waals surface area contributed by atoms with Crippen LogP contribution in [0.4, 0.5) is 11.4 Å². The van der Waals surface area contributed by atoms with Gasteiger partial charge >= 0.3 is 0 Å². The van der Waals surface area contributed by atoms with Crippen LogP contribution in [0.1, 0.15) is 5.56 Å². The van der Waals surface area contributed by atoms with Crippen LogP contribution in [-0.4, -0.2) is 38.7 Å². The molecule has 2 amide bonds. The molecule has 3 rings (SSSR count). The first-order valence-corrected chi connectivity index (χ1v) is 8.07. The van der Waals surface area contributed by atoms with Crippen LogP contribution in [-0.2, 0) is 20.7 Å². The smallest absolute Gasteiger partial charge is 0.253 e. The molecule has 0 aromatic heterocycles. The average Bonchev–Trinajstić information content (AvgIpc) is 2.63. The van der Waals surface area contributed by atoms with Crippen molar-refractivity contribution in [1.82, 2.24) is 0 Å². The lowest BCUT2D eigenvalue weighted by atomic mass is 10.1. The van der Waals surface area contributed by atoms with Gasteiger partial charge in [0.15, 0.2) is 0 Å². The minimum absolute atomic E-state index is 0.0563. The van der Waals surface area contributed by atoms with E-state index in [9.17, 15) is 9.59 Å². The number of carbonyl (C=O) groups excluding carboxylic acids is 2. The molecule has 6 nitrogen and oxygen atoms in total. The third kappa shape index (κ3) is 4.16. The van der Waals surface area contributed by atoms with Crippen molar-refractivity contribution in [3.63, 3.8) is 0 Å². The molecule has 6 heteroatoms. The third-order valence-electron chi connectivity index (χ3n) is 3.99. The Morgan fingerprint density at radius 3 is 2.68 bits per heavy atom. The zero-order valence-electron chi connectivity index (χ0n) is 14.0. The van der Waals surface area contributed by atoms with Crippen LogP contribution >= 0.6 is 0 Å². The van der Waals surface area contributed by atoms with Gasteiger partial charge in [-0.05, 0) is 30.3 Å². The maximum atomic E-state index is 12.2. The first-order valence-electron chi connectivity index (χ1n) is 8.07. The predicted molar refractivity (Wildman–Crippen MR) is 94.9 cm³/mol. The van der Waals surface area contributed by atoms with Gasteiger partial charge in [-0.2, -0.15) is 0 Å². The van der Waals surface area contributed by atoms with Crippen molar-refractivity contribution in [3.8, 4) is 5.75 Å². The minimum Gasteiger partial charge on any atom is -0.496 e. The Kier molecular flexibility index (Phi) is 5.30. The van der Waals surface area contributed by atoms with Crippen LogP contribution in [0, 0.1) is 0 Å². The van der Waals surface area contributed by atoms with Crippen LogP contribution in [0.2, 0.25) is 0 Å². The number of anilines is 2. The Hall–Kier alpha value is -2.86. The molecule has 0 saturated carbocycles. The van der Waals surface area contributed by atoms with Crippen LogP contribution in [0.15, 0.2) is 48.5 Å². The van der Waals surface area contributed by atoms with Gasteiger partial charge in [-0.3, -0.25) is 9.59 Å². The summed E-state index contributed by atoms with van der Waals surface area (Å²) >= 11 is 0. The zero-order valence-corrected chi connectivity index (χ0v) is 14.0. The normalized spacial score (nSPS) is 14.3. The van der Waals surface area contributed by atoms with E-state index in [1.165, 1.54) is 0 Å². The highest BCUT2D eigenvalue weighted by atomic mass is 16.5. The first kappa shape index (κ1) is 17.0. The molecule has 2 aromatic carbocycles. The molecule has 0 aliphatic carbocycles. The number of nitrogens with zero attached hydrogens (tertiary/aromatic N) is 1. The van der Waals surface area contributed by atoms with Gasteiger partial charge in [-0.1, -0.05) is 18.2 Å². The van der Waals surface area contributed by atoms with E-state index < -0.39 is 0 Å². The predicted octanol–water partition coefficient (Wildman–Crippen LogP) is 2.24. The van der Waals surface area contributed by atoms with E-state index >= 15 is 0 Å². The summed E-state index contributed by atoms with van der Waals surface area (Å²) in [5.41, 5.74) is 2.32. The summed E-state index contributed by atoms with van der Waals surface area (Å²) in [6.45, 7) is 1.18. The molecule has 1 saturated heterocycles. The van der Waals surface area contributed by atoms with E-state index in [0.717, 1.165) is 11.3 Å². The lowest BCUT2D eigenvalue weighted by Gasteiger charge is -2.26. The number of carbonyl (C=O) groups is 2. The highest BCUT2D eigenvalue weighted by Crippen LogP contribution is 2.21. The molecule has 1 N–H and O–H groups in total. The fourth-order valence-corrected chi connectivity index (χ4v) is 2.74. The fourth-order valence-electron chi connectivity index (χ4n) is 2.74. The van der Waals surface area contributed by atoms with Crippen LogP contribution < -0.4 is 15.0 Å². The molecule has 1 aliphatic rings. The maximum absolute atomic E-state index is 12.2. The van der Waals surface area contributed by atoms with Crippen LogP contribution in [0.25, 0.3) is 0 Å². The second-order valence-corrected chi connectivity index (χ2v) is 5.68. The maximum Gasteiger partial charge on any atom is 0.253 e. The number of morpholine rings is 1. The number of hydrogen-bond acceptors (Lipinski definition) is 4. The Morgan fingerprint density at radius 1 is 1.20 bits per heavy atom. The SMILES string of the molecule is COc1ccccc1CC(=O)Nc1ccc(N2CCOCC2=O)cc1. The third-order valence-corrected chi connectivity index (χ3v) is 3.99. The standard InChI is InChI=1S/C19H20N2O4/c1-24-17-5-3-2-4-14(17)12-18(22)20-15-6-8-16(9-7-15)21-10-11-25-13-19(21)23/h2-9H,10-13H2,1H3,(H,20,22). The van der Waals surface area contributed by atoms with Gasteiger partial charge in [-0.15, -0.1) is 0 Å². The van der Waals surface area contributed by atoms with Crippen molar-refractivity contribution >= 4 is 23.2 Å². The molecule has 25 heavy (non-hydrogen) atoms. The number of nitrogens with one attached hydrogen (secondary N) is 1. The molecular weight excluding hydrogens is 320 g/mol. The quantitative estimate of drug-likeness (QED) is 0.906. The highest BCUT2D eigenvalue weighted by Gasteiger charge is 2.20. The molecule has 0 atom stereocenters. The van der Waals surface area contributed by atoms with E-state index in [4.69, 9.17) is 9.47 Å². The average molecular weight is 340 g/mol. The molecule has 2 aromatic rings. The van der Waals surface area contributed by atoms with Gasteiger partial charge in [0.25, 0.3) is 5.91 Å². The molecular formula is C19H20N2O4. The van der Waals surface area contributed by atoms with E-state index in [1.54, 1.807) is 24.1 Å². The van der Waals surface area contributed by atoms with Gasteiger partial charge in [-0.25, -0.2) is 0 Å². The van der Waals surface area contributed by atoms with Crippen molar-refractivity contribution < 1.29 is 19.1 Å². The van der Waals surface area contributed by atoms with Gasteiger partial charge in [0.2, 0.25) is 5.91 Å². The van der Waals surface area contributed by atoms with Crippen LogP contribution in [0.3, 0.4) is 0 Å². The molecule has 0 unspecified atom stereocenters. The largest absolute Gasteiger partial charge is 0.496 e. The Labute approximate surface area is 146 Å². The van der Waals surface area contributed by atoms with Crippen molar-refractivity contribution in [2.24, 2.45) is 0 Å². The summed E-state index contributed by atoms with van der Waals surface area (Å²) in [5, 5.41) is 2.86. The van der Waals surface area contributed by atoms with E-state index in [-0.39, 0.29) is 24.8 Å². The van der Waals surface area contributed by atoms with Gasteiger partial charge in [0.1, 0.15) is 12.4 Å². The summed E-state index contributed by atoms with van der Waals surface area (Å²) in [5.74, 6) is 0.512. The van der Waals surface area contributed by atoms with Crippen molar-refractivity contribution in [3.05, 3.63) is 54.1 Å². The molecule has 1 aliphatic heterocycles. The summed E-state index contributed by atoms with van der Waals surface area (Å²) in [6, 6.07) is 14.7. The first-order chi connectivity index (χ1) is 12.2. The molecule has 0 radical (unpaired) electrons. The van der Waals surface area contributed by atoms with Crippen LogP contribution in [0.5, 0.6) is 5.75 Å². The number of hydrogen-bond donors (Lipinski definition) is 1. The number of rotatable bonds is 5. The molecule has 0 spiro atoms. The summed E-state index contributed by atoms with van der Waals surface area (Å²) in [6.07, 6.45) is 0.230. The van der Waals surface area contributed by atoms with Gasteiger partial charge in [0, 0.05) is 23.5 Å². The fraction of sp³-hybridized carbons (Fsp3) is 0.263. The van der Waals surface area contributed by atoms with Crippen molar-refractivity contribution in [1.29, 1.82) is 0 Å². The summed E-state index contributed by atoms with van der Waals surface area (Å²) in [4.78, 5) is 25.8. The number of ether oxygens (including phenoxy) is 2. The summed E-state index contributed by atoms with van der Waals surface area (Å²) < 4.78 is 10.4. The monoisotopic (exact) mass is 340 g/mol. The summed E-state index contributed by atoms with van der Waals surface area (Å²) in [7, 11) is 1.59. The molecule has 130 valence electrons. The van der Waals surface area contributed by atoms with Crippen molar-refractivity contribution in [2.45, 2.75) is 6.42 Å². The Morgan fingerprint density at radius 2 is 1.96 bits per heavy atom. The van der Waals surface area contributed by atoms with Crippen molar-refractivity contribution in [2.75, 3.05) is 37.1 Å². The zero-order chi connectivity index (χ0) is 17.6. The lowest BCUT2D eigenvalue weighted by molar-refractivity contribution is -0.125. The Balaban J connectivity index is 1.63. The van der Waals surface area contributed by atoms with Gasteiger partial charge < -0.3 is 19.7 Å². The minimum atomic E-state index is -0.125. The topological polar surface area (TPSA) is 67.9 Å². The molecule has 1 heterocycles. The second-order valence-electron chi connectivity index (χ2n) is 5.68. The van der Waals surface area contributed by atoms with Gasteiger partial charge in [0.05, 0.1) is 20.1 Å². The number of para-hydroxylation sites is 1. The molecule has 1 fully saturated rings. The number of amides is 2. The van der Waals surface area contributed by atoms with E-state index in [1.807, 2.05) is 36.4 Å². The van der Waals surface area contributed by atoms with E-state index in [2.05, 4.69) is 5.32 Å². The lowest BCUT2D eigenvalue weighted by Crippen LogP contribution is -2.41. The highest BCUT2D eigenvalue weighted by molar-refractivity contribution is 5.96. The number of methoxy groups -OCH3 is 1. The Bertz CT molecular complexity index is 758. The molecule has 0 bridgehead atoms. The number of benzene rings is 2. The van der Waals surface area contributed by atoms with E-state index in [0.29, 0.717) is 24.6 Å².